The van der Waals surface area contributed by atoms with E-state index in [4.69, 9.17) is 11.6 Å². The maximum atomic E-state index is 12.2. The highest BCUT2D eigenvalue weighted by molar-refractivity contribution is 14.0. The molecule has 0 aromatic heterocycles. The average Bonchev–Trinajstić information content (AvgIpc) is 2.58. The van der Waals surface area contributed by atoms with E-state index in [0.29, 0.717) is 12.5 Å². The molecule has 5 nitrogen and oxygen atoms in total. The Morgan fingerprint density at radius 3 is 2.58 bits per heavy atom. The van der Waals surface area contributed by atoms with Crippen LogP contribution in [0.25, 0.3) is 0 Å². The molecule has 24 heavy (non-hydrogen) atoms. The fraction of sp³-hybridized carbons (Fsp3) is 0.529. The number of hydrogen-bond acceptors (Lipinski definition) is 2. The number of halogens is 2. The Hall–Kier alpha value is -1.02. The number of carbonyl (C=O) groups excluding carboxylic acids is 1. The maximum Gasteiger partial charge on any atom is 0.241 e. The number of hydrogen-bond donors (Lipinski definition) is 1. The van der Waals surface area contributed by atoms with Crippen LogP contribution < -0.4 is 5.32 Å². The highest BCUT2D eigenvalue weighted by Crippen LogP contribution is 2.16. The maximum absolute atomic E-state index is 12.2. The molecular formula is C17H26ClIN4O. The van der Waals surface area contributed by atoms with Crippen molar-refractivity contribution >= 4 is 47.4 Å². The van der Waals surface area contributed by atoms with Crippen molar-refractivity contribution in [1.29, 1.82) is 0 Å². The summed E-state index contributed by atoms with van der Waals surface area (Å²) in [4.78, 5) is 20.4. The van der Waals surface area contributed by atoms with Gasteiger partial charge in [0.05, 0.1) is 6.54 Å². The minimum Gasteiger partial charge on any atom is -0.347 e. The third-order valence-electron chi connectivity index (χ3n) is 4.05. The number of guanidine groups is 1. The minimum absolute atomic E-state index is 0. The number of nitrogens with one attached hydrogen (secondary N) is 1. The summed E-state index contributed by atoms with van der Waals surface area (Å²) in [6, 6.07) is 7.74. The topological polar surface area (TPSA) is 47.9 Å². The first-order chi connectivity index (χ1) is 11.1. The Balaban J connectivity index is 0.00000288. The van der Waals surface area contributed by atoms with Crippen LogP contribution >= 0.6 is 35.6 Å². The zero-order valence-electron chi connectivity index (χ0n) is 14.3. The first-order valence-corrected chi connectivity index (χ1v) is 8.42. The average molecular weight is 465 g/mol. The van der Waals surface area contributed by atoms with Crippen LogP contribution in [-0.2, 0) is 11.3 Å². The SMILES string of the molecule is CN=C(NCC(=O)N1CCCCC1)N(C)Cc1ccccc1Cl.I. The van der Waals surface area contributed by atoms with Gasteiger partial charge in [0.15, 0.2) is 5.96 Å². The van der Waals surface area contributed by atoms with Crippen LogP contribution in [0.5, 0.6) is 0 Å². The molecular weight excluding hydrogens is 439 g/mol. The number of amides is 1. The van der Waals surface area contributed by atoms with E-state index in [2.05, 4.69) is 10.3 Å². The van der Waals surface area contributed by atoms with E-state index in [9.17, 15) is 4.79 Å². The van der Waals surface area contributed by atoms with Crippen LogP contribution in [0, 0.1) is 0 Å². The molecule has 0 radical (unpaired) electrons. The third-order valence-corrected chi connectivity index (χ3v) is 4.41. The second-order valence-electron chi connectivity index (χ2n) is 5.79. The molecule has 2 rings (SSSR count). The molecule has 1 fully saturated rings. The summed E-state index contributed by atoms with van der Waals surface area (Å²) in [6.07, 6.45) is 3.43. The lowest BCUT2D eigenvalue weighted by molar-refractivity contribution is -0.130. The highest BCUT2D eigenvalue weighted by Gasteiger charge is 2.17. The van der Waals surface area contributed by atoms with Gasteiger partial charge in [-0.25, -0.2) is 0 Å². The van der Waals surface area contributed by atoms with E-state index in [1.165, 1.54) is 6.42 Å². The molecule has 0 aliphatic carbocycles. The Bertz CT molecular complexity index is 561. The van der Waals surface area contributed by atoms with E-state index in [-0.39, 0.29) is 36.4 Å². The van der Waals surface area contributed by atoms with E-state index in [0.717, 1.165) is 36.5 Å². The molecule has 0 bridgehead atoms. The molecule has 134 valence electrons. The molecule has 1 aliphatic rings. The highest BCUT2D eigenvalue weighted by atomic mass is 127. The summed E-state index contributed by atoms with van der Waals surface area (Å²) in [7, 11) is 3.65. The van der Waals surface area contributed by atoms with Crippen LogP contribution in [0.15, 0.2) is 29.3 Å². The van der Waals surface area contributed by atoms with Crippen molar-refractivity contribution in [3.63, 3.8) is 0 Å². The number of aliphatic imine (C=N–C) groups is 1. The molecule has 0 spiro atoms. The van der Waals surface area contributed by atoms with Gasteiger partial charge >= 0.3 is 0 Å². The van der Waals surface area contributed by atoms with Crippen LogP contribution in [0.2, 0.25) is 5.02 Å². The molecule has 0 unspecified atom stereocenters. The Morgan fingerprint density at radius 1 is 1.29 bits per heavy atom. The van der Waals surface area contributed by atoms with Gasteiger partial charge in [-0.1, -0.05) is 29.8 Å². The number of benzene rings is 1. The number of rotatable bonds is 4. The Kier molecular flexibility index (Phi) is 9.43. The fourth-order valence-corrected chi connectivity index (χ4v) is 2.95. The molecule has 1 aromatic rings. The van der Waals surface area contributed by atoms with Gasteiger partial charge < -0.3 is 15.1 Å². The summed E-state index contributed by atoms with van der Waals surface area (Å²) >= 11 is 6.20. The van der Waals surface area contributed by atoms with E-state index < -0.39 is 0 Å². The molecule has 1 aliphatic heterocycles. The van der Waals surface area contributed by atoms with Gasteiger partial charge in [-0.3, -0.25) is 9.79 Å². The molecule has 1 aromatic carbocycles. The van der Waals surface area contributed by atoms with Crippen molar-refractivity contribution < 1.29 is 4.79 Å². The second-order valence-corrected chi connectivity index (χ2v) is 6.20. The zero-order valence-corrected chi connectivity index (χ0v) is 17.4. The predicted octanol–water partition coefficient (Wildman–Crippen LogP) is 2.98. The smallest absolute Gasteiger partial charge is 0.241 e. The standard InChI is InChI=1S/C17H25ClN4O.HI/c1-19-17(20-12-16(23)22-10-6-3-7-11-22)21(2)13-14-8-4-5-9-15(14)18;/h4-5,8-9H,3,6-7,10-13H2,1-2H3,(H,19,20);1H. The minimum atomic E-state index is 0. The van der Waals surface area contributed by atoms with Gasteiger partial charge in [-0.05, 0) is 30.9 Å². The first kappa shape index (κ1) is 21.0. The molecule has 1 saturated heterocycles. The van der Waals surface area contributed by atoms with Gasteiger partial charge in [0.2, 0.25) is 5.91 Å². The summed E-state index contributed by atoms with van der Waals surface area (Å²) in [5.74, 6) is 0.826. The fourth-order valence-electron chi connectivity index (χ4n) is 2.75. The summed E-state index contributed by atoms with van der Waals surface area (Å²) in [6.45, 7) is 2.65. The van der Waals surface area contributed by atoms with Crippen LogP contribution in [0.4, 0.5) is 0 Å². The lowest BCUT2D eigenvalue weighted by atomic mass is 10.1. The van der Waals surface area contributed by atoms with E-state index >= 15 is 0 Å². The van der Waals surface area contributed by atoms with E-state index in [1.807, 2.05) is 41.1 Å². The number of nitrogens with zero attached hydrogens (tertiary/aromatic N) is 3. The predicted molar refractivity (Wildman–Crippen MR) is 110 cm³/mol. The second kappa shape index (κ2) is 10.8. The number of piperidine rings is 1. The lowest BCUT2D eigenvalue weighted by Crippen LogP contribution is -2.46. The zero-order chi connectivity index (χ0) is 16.7. The molecule has 1 N–H and O–H groups in total. The molecule has 0 atom stereocenters. The molecule has 1 amide bonds. The van der Waals surface area contributed by atoms with Crippen LogP contribution in [-0.4, -0.2) is 55.4 Å². The summed E-state index contributed by atoms with van der Waals surface area (Å²) in [5.41, 5.74) is 1.03. The van der Waals surface area contributed by atoms with Gasteiger partial charge in [0.25, 0.3) is 0 Å². The van der Waals surface area contributed by atoms with Gasteiger partial charge in [-0.15, -0.1) is 24.0 Å². The number of carbonyl (C=O) groups is 1. The molecule has 7 heteroatoms. The van der Waals surface area contributed by atoms with Crippen molar-refractivity contribution in [1.82, 2.24) is 15.1 Å². The van der Waals surface area contributed by atoms with Gasteiger partial charge in [0.1, 0.15) is 0 Å². The van der Waals surface area contributed by atoms with Crippen molar-refractivity contribution in [2.45, 2.75) is 25.8 Å². The monoisotopic (exact) mass is 464 g/mol. The third kappa shape index (κ3) is 6.12. The summed E-state index contributed by atoms with van der Waals surface area (Å²) < 4.78 is 0. The Morgan fingerprint density at radius 2 is 1.96 bits per heavy atom. The Labute approximate surface area is 166 Å². The number of likely N-dealkylation sites (tertiary alicyclic amines) is 1. The first-order valence-electron chi connectivity index (χ1n) is 8.05. The van der Waals surface area contributed by atoms with Crippen LogP contribution in [0.1, 0.15) is 24.8 Å². The van der Waals surface area contributed by atoms with Gasteiger partial charge in [-0.2, -0.15) is 0 Å². The van der Waals surface area contributed by atoms with Crippen molar-refractivity contribution in [3.8, 4) is 0 Å². The van der Waals surface area contributed by atoms with E-state index in [1.54, 1.807) is 7.05 Å². The summed E-state index contributed by atoms with van der Waals surface area (Å²) in [5, 5.41) is 3.88. The van der Waals surface area contributed by atoms with Gasteiger partial charge in [0, 0.05) is 38.8 Å². The normalized spacial score (nSPS) is 14.8. The molecule has 1 heterocycles. The van der Waals surface area contributed by atoms with Crippen molar-refractivity contribution in [2.75, 3.05) is 33.7 Å². The largest absolute Gasteiger partial charge is 0.347 e. The lowest BCUT2D eigenvalue weighted by Gasteiger charge is -2.28. The molecule has 0 saturated carbocycles. The van der Waals surface area contributed by atoms with Crippen molar-refractivity contribution in [2.24, 2.45) is 4.99 Å². The quantitative estimate of drug-likeness (QED) is 0.423. The van der Waals surface area contributed by atoms with Crippen LogP contribution in [0.3, 0.4) is 0 Å². The van der Waals surface area contributed by atoms with Crippen molar-refractivity contribution in [3.05, 3.63) is 34.9 Å².